The average molecular weight is 341 g/mol. The summed E-state index contributed by atoms with van der Waals surface area (Å²) in [6, 6.07) is 8.37. The standard InChI is InChI=1S/C13H16IN3/c1-2-6-17-10-11(9-16-17)8-15-13-5-3-4-12(14)7-13/h3-5,7,9-10,15H,2,6,8H2,1H3. The van der Waals surface area contributed by atoms with Crippen LogP contribution < -0.4 is 5.32 Å². The third-order valence-electron chi connectivity index (χ3n) is 2.46. The molecular weight excluding hydrogens is 325 g/mol. The van der Waals surface area contributed by atoms with Gasteiger partial charge in [0.05, 0.1) is 6.20 Å². The van der Waals surface area contributed by atoms with Gasteiger partial charge in [0.15, 0.2) is 0 Å². The lowest BCUT2D eigenvalue weighted by molar-refractivity contribution is 0.602. The van der Waals surface area contributed by atoms with E-state index in [1.807, 2.05) is 10.9 Å². The molecule has 0 amide bonds. The van der Waals surface area contributed by atoms with Crippen LogP contribution in [0.2, 0.25) is 0 Å². The van der Waals surface area contributed by atoms with E-state index in [0.29, 0.717) is 0 Å². The first-order valence-corrected chi connectivity index (χ1v) is 6.86. The molecule has 0 unspecified atom stereocenters. The Balaban J connectivity index is 1.93. The van der Waals surface area contributed by atoms with Crippen LogP contribution >= 0.6 is 22.6 Å². The molecule has 1 N–H and O–H groups in total. The molecule has 3 nitrogen and oxygen atoms in total. The van der Waals surface area contributed by atoms with Crippen LogP contribution in [0.5, 0.6) is 0 Å². The van der Waals surface area contributed by atoms with Crippen molar-refractivity contribution in [3.8, 4) is 0 Å². The molecule has 0 saturated carbocycles. The Morgan fingerprint density at radius 2 is 2.29 bits per heavy atom. The first-order chi connectivity index (χ1) is 8.28. The van der Waals surface area contributed by atoms with Crippen molar-refractivity contribution in [3.05, 3.63) is 45.8 Å². The van der Waals surface area contributed by atoms with Crippen molar-refractivity contribution in [1.29, 1.82) is 0 Å². The van der Waals surface area contributed by atoms with Crippen molar-refractivity contribution in [1.82, 2.24) is 9.78 Å². The molecule has 0 bridgehead atoms. The number of anilines is 1. The van der Waals surface area contributed by atoms with E-state index >= 15 is 0 Å². The van der Waals surface area contributed by atoms with E-state index < -0.39 is 0 Å². The van der Waals surface area contributed by atoms with Crippen molar-refractivity contribution in [2.45, 2.75) is 26.4 Å². The van der Waals surface area contributed by atoms with Gasteiger partial charge in [-0.2, -0.15) is 5.10 Å². The van der Waals surface area contributed by atoms with Gasteiger partial charge in [-0.3, -0.25) is 4.68 Å². The molecule has 0 aliphatic rings. The monoisotopic (exact) mass is 341 g/mol. The number of rotatable bonds is 5. The van der Waals surface area contributed by atoms with Gasteiger partial charge >= 0.3 is 0 Å². The smallest absolute Gasteiger partial charge is 0.0539 e. The van der Waals surface area contributed by atoms with Gasteiger partial charge in [-0.15, -0.1) is 0 Å². The zero-order chi connectivity index (χ0) is 12.1. The Morgan fingerprint density at radius 3 is 3.06 bits per heavy atom. The van der Waals surface area contributed by atoms with Crippen LogP contribution in [0.4, 0.5) is 5.69 Å². The number of nitrogens with zero attached hydrogens (tertiary/aromatic N) is 2. The summed E-state index contributed by atoms with van der Waals surface area (Å²) >= 11 is 2.32. The van der Waals surface area contributed by atoms with E-state index in [1.165, 1.54) is 9.13 Å². The van der Waals surface area contributed by atoms with Crippen molar-refractivity contribution >= 4 is 28.3 Å². The SMILES string of the molecule is CCCn1cc(CNc2cccc(I)c2)cn1. The molecule has 0 spiro atoms. The molecule has 90 valence electrons. The lowest BCUT2D eigenvalue weighted by atomic mass is 10.3. The maximum absolute atomic E-state index is 4.31. The summed E-state index contributed by atoms with van der Waals surface area (Å²) in [4.78, 5) is 0. The van der Waals surface area contributed by atoms with E-state index in [4.69, 9.17) is 0 Å². The minimum atomic E-state index is 0.823. The summed E-state index contributed by atoms with van der Waals surface area (Å²) in [7, 11) is 0. The van der Waals surface area contributed by atoms with Gasteiger partial charge in [-0.25, -0.2) is 0 Å². The molecule has 4 heteroatoms. The van der Waals surface area contributed by atoms with E-state index in [1.54, 1.807) is 0 Å². The van der Waals surface area contributed by atoms with Crippen molar-refractivity contribution < 1.29 is 0 Å². The van der Waals surface area contributed by atoms with Gasteiger partial charge in [-0.1, -0.05) is 13.0 Å². The first-order valence-electron chi connectivity index (χ1n) is 5.78. The number of aryl methyl sites for hydroxylation is 1. The van der Waals surface area contributed by atoms with Crippen molar-refractivity contribution in [2.75, 3.05) is 5.32 Å². The molecule has 1 aromatic heterocycles. The second-order valence-corrected chi connectivity index (χ2v) is 5.22. The quantitative estimate of drug-likeness (QED) is 0.844. The largest absolute Gasteiger partial charge is 0.381 e. The minimum absolute atomic E-state index is 0.823. The highest BCUT2D eigenvalue weighted by molar-refractivity contribution is 14.1. The minimum Gasteiger partial charge on any atom is -0.381 e. The van der Waals surface area contributed by atoms with Crippen LogP contribution in [0.15, 0.2) is 36.7 Å². The van der Waals surface area contributed by atoms with Gasteiger partial charge in [0.25, 0.3) is 0 Å². The van der Waals surface area contributed by atoms with E-state index in [2.05, 4.69) is 70.4 Å². The molecule has 1 aromatic carbocycles. The number of nitrogens with one attached hydrogen (secondary N) is 1. The normalized spacial score (nSPS) is 10.5. The van der Waals surface area contributed by atoms with Crippen LogP contribution in [0, 0.1) is 3.57 Å². The summed E-state index contributed by atoms with van der Waals surface area (Å²) in [5.41, 5.74) is 2.37. The topological polar surface area (TPSA) is 29.9 Å². The Bertz CT molecular complexity index is 479. The van der Waals surface area contributed by atoms with E-state index in [-0.39, 0.29) is 0 Å². The van der Waals surface area contributed by atoms with Gasteiger partial charge < -0.3 is 5.32 Å². The fourth-order valence-electron chi connectivity index (χ4n) is 1.65. The summed E-state index contributed by atoms with van der Waals surface area (Å²) in [6.07, 6.45) is 5.15. The van der Waals surface area contributed by atoms with Gasteiger partial charge in [-0.05, 0) is 47.2 Å². The molecule has 0 radical (unpaired) electrons. The Kier molecular flexibility index (Phi) is 4.42. The van der Waals surface area contributed by atoms with Crippen LogP contribution in [-0.2, 0) is 13.1 Å². The second kappa shape index (κ2) is 6.05. The van der Waals surface area contributed by atoms with Crippen molar-refractivity contribution in [3.63, 3.8) is 0 Å². The highest BCUT2D eigenvalue weighted by atomic mass is 127. The van der Waals surface area contributed by atoms with Crippen molar-refractivity contribution in [2.24, 2.45) is 0 Å². The molecule has 2 aromatic rings. The highest BCUT2D eigenvalue weighted by Crippen LogP contribution is 2.13. The maximum Gasteiger partial charge on any atom is 0.0539 e. The van der Waals surface area contributed by atoms with Crippen LogP contribution in [0.1, 0.15) is 18.9 Å². The summed E-state index contributed by atoms with van der Waals surface area (Å²) in [5, 5.41) is 7.71. The molecular formula is C13H16IN3. The molecule has 1 heterocycles. The fourth-order valence-corrected chi connectivity index (χ4v) is 2.19. The predicted molar refractivity (Wildman–Crippen MR) is 79.0 cm³/mol. The van der Waals surface area contributed by atoms with Gasteiger partial charge in [0.2, 0.25) is 0 Å². The summed E-state index contributed by atoms with van der Waals surface area (Å²) in [6.45, 7) is 3.97. The Labute approximate surface area is 115 Å². The maximum atomic E-state index is 4.31. The third-order valence-corrected chi connectivity index (χ3v) is 3.13. The van der Waals surface area contributed by atoms with E-state index in [0.717, 1.165) is 25.2 Å². The van der Waals surface area contributed by atoms with Crippen LogP contribution in [0.25, 0.3) is 0 Å². The van der Waals surface area contributed by atoms with E-state index in [9.17, 15) is 0 Å². The molecule has 0 atom stereocenters. The second-order valence-electron chi connectivity index (χ2n) is 3.98. The van der Waals surface area contributed by atoms with Gasteiger partial charge in [0, 0.05) is 34.1 Å². The fraction of sp³-hybridized carbons (Fsp3) is 0.308. The highest BCUT2D eigenvalue weighted by Gasteiger charge is 1.98. The number of benzene rings is 1. The first kappa shape index (κ1) is 12.4. The zero-order valence-corrected chi connectivity index (χ0v) is 12.0. The number of hydrogen-bond donors (Lipinski definition) is 1. The summed E-state index contributed by atoms with van der Waals surface area (Å²) in [5.74, 6) is 0. The summed E-state index contributed by atoms with van der Waals surface area (Å²) < 4.78 is 3.24. The third kappa shape index (κ3) is 3.73. The lowest BCUT2D eigenvalue weighted by Crippen LogP contribution is -1.99. The molecule has 0 fully saturated rings. The van der Waals surface area contributed by atoms with Crippen LogP contribution in [-0.4, -0.2) is 9.78 Å². The van der Waals surface area contributed by atoms with Crippen LogP contribution in [0.3, 0.4) is 0 Å². The molecule has 0 saturated heterocycles. The Morgan fingerprint density at radius 1 is 1.41 bits per heavy atom. The molecule has 0 aliphatic heterocycles. The lowest BCUT2D eigenvalue weighted by Gasteiger charge is -2.04. The molecule has 0 aliphatic carbocycles. The number of halogens is 1. The zero-order valence-electron chi connectivity index (χ0n) is 9.86. The predicted octanol–water partition coefficient (Wildman–Crippen LogP) is 3.51. The Hall–Kier alpha value is -1.04. The molecule has 2 rings (SSSR count). The number of aromatic nitrogens is 2. The molecule has 17 heavy (non-hydrogen) atoms. The number of hydrogen-bond acceptors (Lipinski definition) is 2. The average Bonchev–Trinajstić information content (AvgIpc) is 2.75. The van der Waals surface area contributed by atoms with Gasteiger partial charge in [0.1, 0.15) is 0 Å².